The van der Waals surface area contributed by atoms with Gasteiger partial charge in [0.2, 0.25) is 0 Å². The summed E-state index contributed by atoms with van der Waals surface area (Å²) in [5.41, 5.74) is 0.154. The summed E-state index contributed by atoms with van der Waals surface area (Å²) < 4.78 is 10.1. The second-order valence-electron chi connectivity index (χ2n) is 5.72. The van der Waals surface area contributed by atoms with Crippen LogP contribution in [0.5, 0.6) is 0 Å². The monoisotopic (exact) mass is 307 g/mol. The van der Waals surface area contributed by atoms with Gasteiger partial charge in [0.25, 0.3) is 5.91 Å². The number of ether oxygens (including phenoxy) is 1. The second-order valence-corrected chi connectivity index (χ2v) is 5.72. The Morgan fingerprint density at radius 3 is 2.55 bits per heavy atom. The Balaban J connectivity index is 2.01. The van der Waals surface area contributed by atoms with E-state index in [1.807, 2.05) is 0 Å². The van der Waals surface area contributed by atoms with Crippen molar-refractivity contribution in [3.63, 3.8) is 0 Å². The summed E-state index contributed by atoms with van der Waals surface area (Å²) in [7, 11) is 0. The van der Waals surface area contributed by atoms with Crippen LogP contribution in [0.15, 0.2) is 15.3 Å². The number of rotatable bonds is 4. The van der Waals surface area contributed by atoms with Crippen LogP contribution in [-0.4, -0.2) is 24.0 Å². The third-order valence-corrected chi connectivity index (χ3v) is 3.89. The van der Waals surface area contributed by atoms with E-state index in [-0.39, 0.29) is 23.3 Å². The zero-order valence-corrected chi connectivity index (χ0v) is 13.1. The van der Waals surface area contributed by atoms with Gasteiger partial charge in [0.1, 0.15) is 11.3 Å². The van der Waals surface area contributed by atoms with Crippen molar-refractivity contribution in [2.24, 2.45) is 0 Å². The molecule has 1 fully saturated rings. The molecule has 1 amide bonds. The molecule has 1 aromatic rings. The molecule has 1 aliphatic carbocycles. The molecule has 0 saturated heterocycles. The van der Waals surface area contributed by atoms with E-state index < -0.39 is 17.7 Å². The molecule has 6 heteroatoms. The molecule has 6 nitrogen and oxygen atoms in total. The molecular formula is C16H21NO5. The Morgan fingerprint density at radius 1 is 1.32 bits per heavy atom. The van der Waals surface area contributed by atoms with Gasteiger partial charge in [0.05, 0.1) is 0 Å². The number of aryl methyl sites for hydroxylation is 2. The average molecular weight is 307 g/mol. The van der Waals surface area contributed by atoms with Crippen LogP contribution in [0.4, 0.5) is 0 Å². The molecule has 0 aliphatic heterocycles. The standard InChI is InChI=1S/C16H21NO5/c1-9-8-13(18)21-10(2)14(9)16(20)22-11(3)15(19)17-12-6-4-5-7-12/h8,11-12H,4-7H2,1-3H3,(H,17,19). The molecule has 1 atom stereocenters. The maximum atomic E-state index is 12.2. The minimum absolute atomic E-state index is 0.173. The van der Waals surface area contributed by atoms with E-state index in [1.165, 1.54) is 19.9 Å². The van der Waals surface area contributed by atoms with Gasteiger partial charge in [-0.1, -0.05) is 12.8 Å². The number of carbonyl (C=O) groups excluding carboxylic acids is 2. The van der Waals surface area contributed by atoms with Crippen LogP contribution in [0.2, 0.25) is 0 Å². The molecule has 2 rings (SSSR count). The van der Waals surface area contributed by atoms with Crippen LogP contribution >= 0.6 is 0 Å². The lowest BCUT2D eigenvalue weighted by Crippen LogP contribution is -2.41. The van der Waals surface area contributed by atoms with Crippen LogP contribution in [0.25, 0.3) is 0 Å². The van der Waals surface area contributed by atoms with E-state index >= 15 is 0 Å². The Kier molecular flexibility index (Phi) is 5.00. The zero-order chi connectivity index (χ0) is 16.3. The van der Waals surface area contributed by atoms with Crippen molar-refractivity contribution >= 4 is 11.9 Å². The first-order valence-electron chi connectivity index (χ1n) is 7.51. The Bertz CT molecular complexity index is 602. The maximum absolute atomic E-state index is 12.2. The fourth-order valence-electron chi connectivity index (χ4n) is 2.72. The number of hydrogen-bond donors (Lipinski definition) is 1. The molecule has 1 aliphatic rings. The van der Waals surface area contributed by atoms with Crippen molar-refractivity contribution in [1.82, 2.24) is 5.32 Å². The molecule has 1 unspecified atom stereocenters. The highest BCUT2D eigenvalue weighted by Crippen LogP contribution is 2.18. The summed E-state index contributed by atoms with van der Waals surface area (Å²) in [6.45, 7) is 4.68. The van der Waals surface area contributed by atoms with Crippen molar-refractivity contribution in [3.8, 4) is 0 Å². The molecule has 0 spiro atoms. The highest BCUT2D eigenvalue weighted by Gasteiger charge is 2.25. The summed E-state index contributed by atoms with van der Waals surface area (Å²) in [6.07, 6.45) is 3.27. The summed E-state index contributed by atoms with van der Waals surface area (Å²) >= 11 is 0. The predicted molar refractivity (Wildman–Crippen MR) is 79.7 cm³/mol. The molecule has 120 valence electrons. The fourth-order valence-corrected chi connectivity index (χ4v) is 2.72. The molecule has 1 heterocycles. The van der Waals surface area contributed by atoms with Gasteiger partial charge in [-0.15, -0.1) is 0 Å². The van der Waals surface area contributed by atoms with Gasteiger partial charge in [-0.05, 0) is 39.2 Å². The topological polar surface area (TPSA) is 85.6 Å². The summed E-state index contributed by atoms with van der Waals surface area (Å²) in [4.78, 5) is 35.4. The smallest absolute Gasteiger partial charge is 0.342 e. The second kappa shape index (κ2) is 6.77. The number of carbonyl (C=O) groups is 2. The van der Waals surface area contributed by atoms with Gasteiger partial charge in [-0.2, -0.15) is 0 Å². The first kappa shape index (κ1) is 16.3. The Morgan fingerprint density at radius 2 is 1.95 bits per heavy atom. The van der Waals surface area contributed by atoms with E-state index in [4.69, 9.17) is 9.15 Å². The number of hydrogen-bond acceptors (Lipinski definition) is 5. The van der Waals surface area contributed by atoms with Gasteiger partial charge >= 0.3 is 11.6 Å². The van der Waals surface area contributed by atoms with Gasteiger partial charge in [0.15, 0.2) is 6.10 Å². The molecule has 1 saturated carbocycles. The minimum Gasteiger partial charge on any atom is -0.449 e. The molecule has 1 N–H and O–H groups in total. The number of nitrogens with one attached hydrogen (secondary N) is 1. The van der Waals surface area contributed by atoms with Crippen molar-refractivity contribution in [3.05, 3.63) is 33.4 Å². The lowest BCUT2D eigenvalue weighted by molar-refractivity contribution is -0.129. The van der Waals surface area contributed by atoms with Gasteiger partial charge < -0.3 is 14.5 Å². The van der Waals surface area contributed by atoms with Crippen molar-refractivity contribution in [2.45, 2.75) is 58.6 Å². The average Bonchev–Trinajstić information content (AvgIpc) is 2.90. The molecule has 0 bridgehead atoms. The predicted octanol–water partition coefficient (Wildman–Crippen LogP) is 1.86. The highest BCUT2D eigenvalue weighted by molar-refractivity contribution is 5.94. The van der Waals surface area contributed by atoms with Crippen molar-refractivity contribution < 1.29 is 18.7 Å². The molecule has 0 aromatic carbocycles. The number of amides is 1. The minimum atomic E-state index is -0.890. The van der Waals surface area contributed by atoms with Crippen LogP contribution in [-0.2, 0) is 9.53 Å². The number of esters is 1. The van der Waals surface area contributed by atoms with E-state index in [2.05, 4.69) is 5.32 Å². The van der Waals surface area contributed by atoms with E-state index in [1.54, 1.807) is 6.92 Å². The van der Waals surface area contributed by atoms with Crippen molar-refractivity contribution in [1.29, 1.82) is 0 Å². The Hall–Kier alpha value is -2.11. The largest absolute Gasteiger partial charge is 0.449 e. The first-order chi connectivity index (χ1) is 10.4. The SMILES string of the molecule is Cc1cc(=O)oc(C)c1C(=O)OC(C)C(=O)NC1CCCC1. The molecule has 0 radical (unpaired) electrons. The van der Waals surface area contributed by atoms with Crippen LogP contribution < -0.4 is 10.9 Å². The fraction of sp³-hybridized carbons (Fsp3) is 0.562. The molecule has 22 heavy (non-hydrogen) atoms. The third-order valence-electron chi connectivity index (χ3n) is 3.89. The molecule has 1 aromatic heterocycles. The van der Waals surface area contributed by atoms with E-state index in [0.29, 0.717) is 5.56 Å². The quantitative estimate of drug-likeness (QED) is 0.858. The highest BCUT2D eigenvalue weighted by atomic mass is 16.5. The van der Waals surface area contributed by atoms with Gasteiger partial charge in [-0.25, -0.2) is 9.59 Å². The van der Waals surface area contributed by atoms with Crippen LogP contribution in [0, 0.1) is 13.8 Å². The van der Waals surface area contributed by atoms with Gasteiger partial charge in [-0.3, -0.25) is 4.79 Å². The zero-order valence-electron chi connectivity index (χ0n) is 13.1. The lowest BCUT2D eigenvalue weighted by Gasteiger charge is -2.17. The van der Waals surface area contributed by atoms with Crippen LogP contribution in [0.3, 0.4) is 0 Å². The summed E-state index contributed by atoms with van der Waals surface area (Å²) in [5, 5.41) is 2.88. The van der Waals surface area contributed by atoms with Crippen LogP contribution in [0.1, 0.15) is 54.3 Å². The van der Waals surface area contributed by atoms with Crippen molar-refractivity contribution in [2.75, 3.05) is 0 Å². The summed E-state index contributed by atoms with van der Waals surface area (Å²) in [6, 6.07) is 1.40. The summed E-state index contributed by atoms with van der Waals surface area (Å²) in [5.74, 6) is -0.765. The molecular weight excluding hydrogens is 286 g/mol. The Labute approximate surface area is 128 Å². The van der Waals surface area contributed by atoms with Gasteiger partial charge in [0, 0.05) is 12.1 Å². The van der Waals surface area contributed by atoms with E-state index in [9.17, 15) is 14.4 Å². The maximum Gasteiger partial charge on any atom is 0.342 e. The first-order valence-corrected chi connectivity index (χ1v) is 7.51. The third kappa shape index (κ3) is 3.75. The lowest BCUT2D eigenvalue weighted by atomic mass is 10.1. The normalized spacial score (nSPS) is 16.3. The van der Waals surface area contributed by atoms with E-state index in [0.717, 1.165) is 25.7 Å².